The minimum Gasteiger partial charge on any atom is -0.314 e. The van der Waals surface area contributed by atoms with Crippen LogP contribution in [0.25, 0.3) is 0 Å². The number of benzene rings is 1. The highest BCUT2D eigenvalue weighted by atomic mass is 35.5. The van der Waals surface area contributed by atoms with Crippen LogP contribution >= 0.6 is 35.6 Å². The fourth-order valence-corrected chi connectivity index (χ4v) is 3.35. The predicted octanol–water partition coefficient (Wildman–Crippen LogP) is 3.96. The fourth-order valence-electron chi connectivity index (χ4n) is 2.77. The summed E-state index contributed by atoms with van der Waals surface area (Å²) in [5.41, 5.74) is 2.38. The molecule has 0 radical (unpaired) electrons. The molecule has 2 heterocycles. The first-order valence-electron chi connectivity index (χ1n) is 7.02. The number of nitrogens with zero attached hydrogens (tertiary/aromatic N) is 2. The smallest absolute Gasteiger partial charge is 0.0491 e. The van der Waals surface area contributed by atoms with Gasteiger partial charge in [0.2, 0.25) is 0 Å². The average molecular weight is 359 g/mol. The summed E-state index contributed by atoms with van der Waals surface area (Å²) >= 11 is 12.2. The van der Waals surface area contributed by atoms with E-state index in [1.807, 2.05) is 24.4 Å². The lowest BCUT2D eigenvalue weighted by atomic mass is 10.0. The van der Waals surface area contributed by atoms with Gasteiger partial charge in [-0.25, -0.2) is 0 Å². The standard InChI is InChI=1S/C16H17Cl2N3.ClH/c17-14-6-12(7-15(18)8-14)11-21-5-4-20-10-16(21)13-2-1-3-19-9-13;/h1-3,6-9,16,20H,4-5,10-11H2;1H. The normalized spacial score (nSPS) is 18.7. The van der Waals surface area contributed by atoms with Crippen LogP contribution in [0.15, 0.2) is 42.7 Å². The predicted molar refractivity (Wildman–Crippen MR) is 94.0 cm³/mol. The van der Waals surface area contributed by atoms with E-state index in [-0.39, 0.29) is 12.4 Å². The van der Waals surface area contributed by atoms with Crippen LogP contribution in [0.2, 0.25) is 10.0 Å². The SMILES string of the molecule is Cl.Clc1cc(Cl)cc(CN2CCNCC2c2cccnc2)c1. The summed E-state index contributed by atoms with van der Waals surface area (Å²) in [6, 6.07) is 10.2. The van der Waals surface area contributed by atoms with E-state index < -0.39 is 0 Å². The molecule has 1 atom stereocenters. The number of hydrogen-bond acceptors (Lipinski definition) is 3. The lowest BCUT2D eigenvalue weighted by Crippen LogP contribution is -2.45. The van der Waals surface area contributed by atoms with Crippen molar-refractivity contribution in [1.29, 1.82) is 0 Å². The molecule has 3 rings (SSSR count). The molecular weight excluding hydrogens is 341 g/mol. The molecule has 1 unspecified atom stereocenters. The minimum atomic E-state index is 0. The zero-order valence-electron chi connectivity index (χ0n) is 12.0. The van der Waals surface area contributed by atoms with Crippen LogP contribution < -0.4 is 5.32 Å². The monoisotopic (exact) mass is 357 g/mol. The quantitative estimate of drug-likeness (QED) is 0.900. The van der Waals surface area contributed by atoms with Gasteiger partial charge in [-0.15, -0.1) is 12.4 Å². The molecule has 22 heavy (non-hydrogen) atoms. The van der Waals surface area contributed by atoms with Gasteiger partial charge in [-0.05, 0) is 35.4 Å². The second-order valence-corrected chi connectivity index (χ2v) is 6.13. The van der Waals surface area contributed by atoms with E-state index in [1.165, 1.54) is 5.56 Å². The maximum absolute atomic E-state index is 6.10. The van der Waals surface area contributed by atoms with Gasteiger partial charge in [0.1, 0.15) is 0 Å². The Kier molecular flexibility index (Phi) is 6.48. The molecular formula is C16H18Cl3N3. The van der Waals surface area contributed by atoms with Gasteiger partial charge >= 0.3 is 0 Å². The van der Waals surface area contributed by atoms with Gasteiger partial charge in [0.25, 0.3) is 0 Å². The van der Waals surface area contributed by atoms with Crippen molar-refractivity contribution >= 4 is 35.6 Å². The highest BCUT2D eigenvalue weighted by Crippen LogP contribution is 2.26. The first-order valence-corrected chi connectivity index (χ1v) is 7.77. The summed E-state index contributed by atoms with van der Waals surface area (Å²) in [5, 5.41) is 4.82. The van der Waals surface area contributed by atoms with E-state index in [9.17, 15) is 0 Å². The van der Waals surface area contributed by atoms with Crippen molar-refractivity contribution in [1.82, 2.24) is 15.2 Å². The van der Waals surface area contributed by atoms with E-state index in [4.69, 9.17) is 23.2 Å². The highest BCUT2D eigenvalue weighted by molar-refractivity contribution is 6.34. The maximum Gasteiger partial charge on any atom is 0.0491 e. The van der Waals surface area contributed by atoms with Crippen LogP contribution in [-0.4, -0.2) is 29.5 Å². The third-order valence-corrected chi connectivity index (χ3v) is 4.17. The topological polar surface area (TPSA) is 28.2 Å². The molecule has 0 spiro atoms. The number of pyridine rings is 1. The molecule has 0 bridgehead atoms. The molecule has 0 aliphatic carbocycles. The van der Waals surface area contributed by atoms with Crippen LogP contribution in [0.3, 0.4) is 0 Å². The van der Waals surface area contributed by atoms with Crippen LogP contribution in [0.4, 0.5) is 0 Å². The number of aromatic nitrogens is 1. The van der Waals surface area contributed by atoms with Crippen molar-refractivity contribution < 1.29 is 0 Å². The van der Waals surface area contributed by atoms with E-state index in [0.29, 0.717) is 16.1 Å². The van der Waals surface area contributed by atoms with Crippen LogP contribution in [0, 0.1) is 0 Å². The van der Waals surface area contributed by atoms with Gasteiger partial charge in [-0.3, -0.25) is 9.88 Å². The Hall–Kier alpha value is -0.840. The van der Waals surface area contributed by atoms with Crippen molar-refractivity contribution in [3.8, 4) is 0 Å². The average Bonchev–Trinajstić information content (AvgIpc) is 2.48. The van der Waals surface area contributed by atoms with Gasteiger partial charge < -0.3 is 5.32 Å². The van der Waals surface area contributed by atoms with Crippen LogP contribution in [0.1, 0.15) is 17.2 Å². The first-order chi connectivity index (χ1) is 10.2. The zero-order chi connectivity index (χ0) is 14.7. The van der Waals surface area contributed by atoms with E-state index in [0.717, 1.165) is 31.7 Å². The van der Waals surface area contributed by atoms with E-state index in [2.05, 4.69) is 21.3 Å². The van der Waals surface area contributed by atoms with E-state index >= 15 is 0 Å². The maximum atomic E-state index is 6.10. The summed E-state index contributed by atoms with van der Waals surface area (Å²) in [6.07, 6.45) is 3.75. The molecule has 6 heteroatoms. The lowest BCUT2D eigenvalue weighted by Gasteiger charge is -2.36. The van der Waals surface area contributed by atoms with Crippen molar-refractivity contribution in [2.45, 2.75) is 12.6 Å². The van der Waals surface area contributed by atoms with Crippen LogP contribution in [0.5, 0.6) is 0 Å². The number of nitrogens with one attached hydrogen (secondary N) is 1. The van der Waals surface area contributed by atoms with Crippen molar-refractivity contribution in [3.05, 3.63) is 63.9 Å². The zero-order valence-corrected chi connectivity index (χ0v) is 14.3. The Labute approximate surface area is 147 Å². The molecule has 1 aromatic carbocycles. The van der Waals surface area contributed by atoms with E-state index in [1.54, 1.807) is 12.3 Å². The molecule has 1 saturated heterocycles. The Morgan fingerprint density at radius 1 is 1.23 bits per heavy atom. The Bertz CT molecular complexity index is 587. The van der Waals surface area contributed by atoms with Gasteiger partial charge in [-0.2, -0.15) is 0 Å². The Balaban J connectivity index is 0.00000176. The third kappa shape index (κ3) is 4.34. The van der Waals surface area contributed by atoms with Gasteiger partial charge in [0, 0.05) is 54.7 Å². The molecule has 1 N–H and O–H groups in total. The van der Waals surface area contributed by atoms with Crippen LogP contribution in [-0.2, 0) is 6.54 Å². The summed E-state index contributed by atoms with van der Waals surface area (Å²) in [7, 11) is 0. The lowest BCUT2D eigenvalue weighted by molar-refractivity contribution is 0.153. The summed E-state index contributed by atoms with van der Waals surface area (Å²) in [6.45, 7) is 3.75. The molecule has 3 nitrogen and oxygen atoms in total. The molecule has 0 saturated carbocycles. The second-order valence-electron chi connectivity index (χ2n) is 5.25. The first kappa shape index (κ1) is 17.5. The molecule has 118 valence electrons. The van der Waals surface area contributed by atoms with Gasteiger partial charge in [-0.1, -0.05) is 29.3 Å². The number of halogens is 3. The van der Waals surface area contributed by atoms with Crippen molar-refractivity contribution in [3.63, 3.8) is 0 Å². The Morgan fingerprint density at radius 3 is 2.68 bits per heavy atom. The van der Waals surface area contributed by atoms with Crippen molar-refractivity contribution in [2.75, 3.05) is 19.6 Å². The summed E-state index contributed by atoms with van der Waals surface area (Å²) < 4.78 is 0. The molecule has 1 fully saturated rings. The molecule has 0 amide bonds. The fraction of sp³-hybridized carbons (Fsp3) is 0.312. The Morgan fingerprint density at radius 2 is 2.00 bits per heavy atom. The summed E-state index contributed by atoms with van der Waals surface area (Å²) in [4.78, 5) is 6.67. The largest absolute Gasteiger partial charge is 0.314 e. The molecule has 1 aromatic heterocycles. The van der Waals surface area contributed by atoms with Gasteiger partial charge in [0.15, 0.2) is 0 Å². The minimum absolute atomic E-state index is 0. The second kappa shape index (κ2) is 8.14. The third-order valence-electron chi connectivity index (χ3n) is 3.73. The molecule has 1 aliphatic heterocycles. The highest BCUT2D eigenvalue weighted by Gasteiger charge is 2.24. The van der Waals surface area contributed by atoms with Gasteiger partial charge in [0.05, 0.1) is 0 Å². The number of rotatable bonds is 3. The number of hydrogen-bond donors (Lipinski definition) is 1. The molecule has 1 aliphatic rings. The summed E-state index contributed by atoms with van der Waals surface area (Å²) in [5.74, 6) is 0. The molecule has 2 aromatic rings. The number of piperazine rings is 1. The van der Waals surface area contributed by atoms with Crippen molar-refractivity contribution in [2.24, 2.45) is 0 Å².